The molecule has 1 aliphatic rings. The molecule has 0 atom stereocenters. The molecule has 2 heterocycles. The molecule has 2 aromatic carbocycles. The van der Waals surface area contributed by atoms with Crippen molar-refractivity contribution in [2.75, 3.05) is 10.6 Å². The number of fused-ring (bicyclic) bond motifs is 1. The number of hydrogen-bond donors (Lipinski definition) is 2. The zero-order chi connectivity index (χ0) is 24.5. The van der Waals surface area contributed by atoms with Crippen molar-refractivity contribution in [2.24, 2.45) is 0 Å². The van der Waals surface area contributed by atoms with Gasteiger partial charge < -0.3 is 20.1 Å². The number of carbonyl (C=O) groups excluding carboxylic acids is 1. The molecule has 1 aliphatic heterocycles. The van der Waals surface area contributed by atoms with Gasteiger partial charge >= 0.3 is 18.4 Å². The van der Waals surface area contributed by atoms with Crippen LogP contribution in [0, 0.1) is 17.1 Å². The Bertz CT molecular complexity index is 1310. The van der Waals surface area contributed by atoms with Crippen molar-refractivity contribution in [3.8, 4) is 23.3 Å². The highest BCUT2D eigenvalue weighted by molar-refractivity contribution is 6.00. The van der Waals surface area contributed by atoms with E-state index in [1.54, 1.807) is 0 Å². The quantitative estimate of drug-likeness (QED) is 0.478. The highest BCUT2D eigenvalue weighted by Gasteiger charge is 2.54. The molecule has 13 heteroatoms. The molecule has 0 spiro atoms. The number of ether oxygens (including phenoxy) is 3. The van der Waals surface area contributed by atoms with E-state index in [1.165, 1.54) is 30.5 Å². The second kappa shape index (κ2) is 8.49. The standard InChI is InChI=1S/C21H11F5N4O4/c22-16-9-13(32-14-5-6-28-12(7-14)10-27)2-3-17(16)30-19(31)29-11-1-4-18-15(8-11)20(23,24)34-21(25,26)33-18/h1-9H,(H2,29,30,31). The molecule has 1 aromatic heterocycles. The third-order valence-corrected chi connectivity index (χ3v) is 4.30. The Morgan fingerprint density at radius 3 is 2.53 bits per heavy atom. The minimum atomic E-state index is -4.52. The minimum Gasteiger partial charge on any atom is -0.457 e. The lowest BCUT2D eigenvalue weighted by molar-refractivity contribution is -0.461. The lowest BCUT2D eigenvalue weighted by atomic mass is 10.1. The highest BCUT2D eigenvalue weighted by atomic mass is 19.3. The van der Waals surface area contributed by atoms with Gasteiger partial charge in [0, 0.05) is 24.0 Å². The maximum absolute atomic E-state index is 14.4. The Balaban J connectivity index is 1.44. The second-order valence-electron chi connectivity index (χ2n) is 6.71. The number of nitrogens with one attached hydrogen (secondary N) is 2. The normalized spacial score (nSPS) is 15.3. The largest absolute Gasteiger partial charge is 0.540 e. The molecule has 0 bridgehead atoms. The number of alkyl halides is 4. The number of aromatic nitrogens is 1. The minimum absolute atomic E-state index is 0.0623. The molecular formula is C21H11F5N4O4. The molecule has 174 valence electrons. The molecule has 4 rings (SSSR count). The monoisotopic (exact) mass is 478 g/mol. The van der Waals surface area contributed by atoms with Crippen LogP contribution in [0.25, 0.3) is 0 Å². The summed E-state index contributed by atoms with van der Waals surface area (Å²) in [5.74, 6) is -1.42. The maximum atomic E-state index is 14.4. The molecule has 0 unspecified atom stereocenters. The van der Waals surface area contributed by atoms with Crippen LogP contribution in [-0.4, -0.2) is 17.3 Å². The molecule has 8 nitrogen and oxygen atoms in total. The number of carbonyl (C=O) groups is 1. The predicted octanol–water partition coefficient (Wildman–Crippen LogP) is 5.54. The van der Waals surface area contributed by atoms with Gasteiger partial charge in [0.05, 0.1) is 11.3 Å². The van der Waals surface area contributed by atoms with Gasteiger partial charge in [-0.3, -0.25) is 0 Å². The topological polar surface area (TPSA) is 106 Å². The van der Waals surface area contributed by atoms with Crippen LogP contribution in [0.2, 0.25) is 0 Å². The maximum Gasteiger partial charge on any atom is 0.540 e. The first-order chi connectivity index (χ1) is 16.0. The molecule has 0 aliphatic carbocycles. The number of urea groups is 1. The van der Waals surface area contributed by atoms with Gasteiger partial charge in [-0.1, -0.05) is 0 Å². The summed E-state index contributed by atoms with van der Waals surface area (Å²) in [5.41, 5.74) is -1.43. The summed E-state index contributed by atoms with van der Waals surface area (Å²) < 4.78 is 81.1. The van der Waals surface area contributed by atoms with Crippen molar-refractivity contribution in [1.82, 2.24) is 4.98 Å². The Labute approximate surface area is 187 Å². The lowest BCUT2D eigenvalue weighted by Gasteiger charge is -2.30. The van der Waals surface area contributed by atoms with Gasteiger partial charge in [0.2, 0.25) is 0 Å². The van der Waals surface area contributed by atoms with E-state index in [4.69, 9.17) is 10.00 Å². The molecule has 34 heavy (non-hydrogen) atoms. The van der Waals surface area contributed by atoms with Crippen LogP contribution in [-0.2, 0) is 10.8 Å². The van der Waals surface area contributed by atoms with E-state index in [1.807, 2.05) is 6.07 Å². The van der Waals surface area contributed by atoms with Gasteiger partial charge in [-0.15, -0.1) is 8.78 Å². The van der Waals surface area contributed by atoms with Crippen molar-refractivity contribution >= 4 is 17.4 Å². The number of pyridine rings is 1. The fourth-order valence-corrected chi connectivity index (χ4v) is 2.89. The molecule has 3 aromatic rings. The van der Waals surface area contributed by atoms with Crippen LogP contribution in [0.15, 0.2) is 54.7 Å². The summed E-state index contributed by atoms with van der Waals surface area (Å²) in [6.07, 6.45) is -7.56. The molecule has 2 N–H and O–H groups in total. The Hall–Kier alpha value is -4.44. The molecule has 0 fully saturated rings. The van der Waals surface area contributed by atoms with Gasteiger partial charge in [0.1, 0.15) is 34.8 Å². The average Bonchev–Trinajstić information content (AvgIpc) is 2.75. The van der Waals surface area contributed by atoms with E-state index in [0.29, 0.717) is 6.07 Å². The summed E-state index contributed by atoms with van der Waals surface area (Å²) >= 11 is 0. The third kappa shape index (κ3) is 4.97. The summed E-state index contributed by atoms with van der Waals surface area (Å²) in [5, 5.41) is 13.2. The molecule has 0 radical (unpaired) electrons. The Kier molecular flexibility index (Phi) is 5.68. The van der Waals surface area contributed by atoms with Gasteiger partial charge in [-0.2, -0.15) is 14.0 Å². The summed E-state index contributed by atoms with van der Waals surface area (Å²) in [7, 11) is 0. The van der Waals surface area contributed by atoms with Gasteiger partial charge in [0.25, 0.3) is 0 Å². The van der Waals surface area contributed by atoms with Crippen LogP contribution in [0.1, 0.15) is 11.3 Å². The first-order valence-electron chi connectivity index (χ1n) is 9.25. The lowest BCUT2D eigenvalue weighted by Crippen LogP contribution is -2.41. The summed E-state index contributed by atoms with van der Waals surface area (Å²) in [4.78, 5) is 16.0. The van der Waals surface area contributed by atoms with Crippen molar-refractivity contribution in [2.45, 2.75) is 12.4 Å². The molecule has 2 amide bonds. The van der Waals surface area contributed by atoms with Crippen molar-refractivity contribution in [3.63, 3.8) is 0 Å². The number of rotatable bonds is 4. The van der Waals surface area contributed by atoms with E-state index < -0.39 is 35.6 Å². The highest BCUT2D eigenvalue weighted by Crippen LogP contribution is 2.46. The van der Waals surface area contributed by atoms with Crippen molar-refractivity contribution in [1.29, 1.82) is 5.26 Å². The van der Waals surface area contributed by atoms with Crippen LogP contribution in [0.4, 0.5) is 38.1 Å². The second-order valence-corrected chi connectivity index (χ2v) is 6.71. The van der Waals surface area contributed by atoms with Crippen LogP contribution >= 0.6 is 0 Å². The van der Waals surface area contributed by atoms with Gasteiger partial charge in [-0.25, -0.2) is 18.9 Å². The molecule has 0 saturated carbocycles. The first-order valence-corrected chi connectivity index (χ1v) is 9.25. The van der Waals surface area contributed by atoms with E-state index >= 15 is 0 Å². The molecule has 0 saturated heterocycles. The third-order valence-electron chi connectivity index (χ3n) is 4.30. The van der Waals surface area contributed by atoms with Gasteiger partial charge in [-0.05, 0) is 36.4 Å². The van der Waals surface area contributed by atoms with E-state index in [9.17, 15) is 26.7 Å². The fourth-order valence-electron chi connectivity index (χ4n) is 2.89. The van der Waals surface area contributed by atoms with Crippen LogP contribution < -0.4 is 20.1 Å². The average molecular weight is 478 g/mol. The SMILES string of the molecule is N#Cc1cc(Oc2ccc(NC(=O)Nc3ccc4c(c3)C(F)(F)OC(F)(F)O4)c(F)c2)ccn1. The number of halogens is 5. The van der Waals surface area contributed by atoms with Gasteiger partial charge in [0.15, 0.2) is 0 Å². The number of hydrogen-bond acceptors (Lipinski definition) is 6. The number of nitriles is 1. The number of anilines is 2. The number of benzene rings is 2. The van der Waals surface area contributed by atoms with E-state index in [2.05, 4.69) is 25.1 Å². The van der Waals surface area contributed by atoms with Crippen molar-refractivity contribution < 1.29 is 41.0 Å². The number of nitrogens with zero attached hydrogens (tertiary/aromatic N) is 2. The summed E-state index contributed by atoms with van der Waals surface area (Å²) in [6, 6.07) is 9.63. The smallest absolute Gasteiger partial charge is 0.457 e. The number of amides is 2. The first kappa shape index (κ1) is 22.7. The molecular weight excluding hydrogens is 467 g/mol. The zero-order valence-electron chi connectivity index (χ0n) is 16.6. The Morgan fingerprint density at radius 1 is 1.03 bits per heavy atom. The summed E-state index contributed by atoms with van der Waals surface area (Å²) in [6.45, 7) is 0. The van der Waals surface area contributed by atoms with E-state index in [0.717, 1.165) is 18.2 Å². The van der Waals surface area contributed by atoms with Crippen LogP contribution in [0.5, 0.6) is 17.2 Å². The predicted molar refractivity (Wildman–Crippen MR) is 105 cm³/mol. The zero-order valence-corrected chi connectivity index (χ0v) is 16.6. The fraction of sp³-hybridized carbons (Fsp3) is 0.0952. The Morgan fingerprint density at radius 2 is 1.79 bits per heavy atom. The van der Waals surface area contributed by atoms with E-state index in [-0.39, 0.29) is 28.6 Å². The van der Waals surface area contributed by atoms with Crippen molar-refractivity contribution in [3.05, 3.63) is 71.8 Å². The van der Waals surface area contributed by atoms with Crippen LogP contribution in [0.3, 0.4) is 0 Å².